The smallest absolute Gasteiger partial charge is 0.345 e. The highest BCUT2D eigenvalue weighted by Crippen LogP contribution is 2.39. The Hall–Kier alpha value is -2.55. The third kappa shape index (κ3) is 3.84. The van der Waals surface area contributed by atoms with Crippen molar-refractivity contribution in [2.24, 2.45) is 0 Å². The first kappa shape index (κ1) is 20.2. The van der Waals surface area contributed by atoms with Crippen LogP contribution in [0.3, 0.4) is 0 Å². The molecular weight excluding hydrogens is 427 g/mol. The molecule has 0 atom stereocenters. The van der Waals surface area contributed by atoms with Gasteiger partial charge in [0, 0.05) is 5.56 Å². The number of nitrogens with one attached hydrogen (secondary N) is 1. The normalized spacial score (nSPS) is 11.3. The lowest BCUT2D eigenvalue weighted by Crippen LogP contribution is -2.15. The van der Waals surface area contributed by atoms with Gasteiger partial charge in [0.25, 0.3) is 15.9 Å². The van der Waals surface area contributed by atoms with E-state index in [0.717, 1.165) is 12.7 Å². The van der Waals surface area contributed by atoms with Gasteiger partial charge in [0.05, 0.1) is 22.1 Å². The van der Waals surface area contributed by atoms with Crippen molar-refractivity contribution in [1.82, 2.24) is 5.16 Å². The zero-order chi connectivity index (χ0) is 20.5. The summed E-state index contributed by atoms with van der Waals surface area (Å²) in [6, 6.07) is 10.9. The van der Waals surface area contributed by atoms with Crippen molar-refractivity contribution in [2.75, 3.05) is 11.8 Å². The van der Waals surface area contributed by atoms with Gasteiger partial charge in [-0.15, -0.1) is 0 Å². The maximum absolute atomic E-state index is 12.7. The van der Waals surface area contributed by atoms with Crippen molar-refractivity contribution in [3.05, 3.63) is 63.6 Å². The Kier molecular flexibility index (Phi) is 5.64. The third-order valence-electron chi connectivity index (χ3n) is 3.84. The van der Waals surface area contributed by atoms with Gasteiger partial charge in [0.15, 0.2) is 5.56 Å². The van der Waals surface area contributed by atoms with E-state index in [9.17, 15) is 13.2 Å². The van der Waals surface area contributed by atoms with Crippen LogP contribution in [-0.2, 0) is 14.8 Å². The van der Waals surface area contributed by atoms with E-state index < -0.39 is 21.9 Å². The van der Waals surface area contributed by atoms with Gasteiger partial charge in [-0.3, -0.25) is 0 Å². The topological polar surface area (TPSA) is 98.5 Å². The highest BCUT2D eigenvalue weighted by atomic mass is 35.5. The quantitative estimate of drug-likeness (QED) is 0.584. The number of sulfonamides is 1. The molecule has 0 unspecified atom stereocenters. The van der Waals surface area contributed by atoms with Crippen LogP contribution < -0.4 is 4.72 Å². The maximum atomic E-state index is 12.7. The molecule has 0 fully saturated rings. The number of ether oxygens (including phenoxy) is 1. The molecule has 0 amide bonds. The minimum atomic E-state index is -4.04. The van der Waals surface area contributed by atoms with Crippen molar-refractivity contribution in [1.29, 1.82) is 0 Å². The van der Waals surface area contributed by atoms with E-state index in [1.54, 1.807) is 30.3 Å². The number of benzene rings is 2. The Labute approximate surface area is 171 Å². The van der Waals surface area contributed by atoms with Crippen LogP contribution in [0.4, 0.5) is 5.88 Å². The summed E-state index contributed by atoms with van der Waals surface area (Å²) in [5.41, 5.74) is 0.831. The molecule has 146 valence electrons. The summed E-state index contributed by atoms with van der Waals surface area (Å²) in [6.07, 6.45) is 0. The predicted molar refractivity (Wildman–Crippen MR) is 105 cm³/mol. The molecular formula is C18H14Cl2N2O5S. The number of nitrogens with zero attached hydrogens (tertiary/aromatic N) is 1. The van der Waals surface area contributed by atoms with Crippen LogP contribution >= 0.6 is 23.2 Å². The third-order valence-corrected chi connectivity index (χ3v) is 5.82. The van der Waals surface area contributed by atoms with E-state index in [-0.39, 0.29) is 31.8 Å². The lowest BCUT2D eigenvalue weighted by Gasteiger charge is -2.08. The van der Waals surface area contributed by atoms with Gasteiger partial charge in [-0.1, -0.05) is 52.1 Å². The lowest BCUT2D eigenvalue weighted by atomic mass is 10.1. The second-order valence-corrected chi connectivity index (χ2v) is 8.24. The van der Waals surface area contributed by atoms with Gasteiger partial charge < -0.3 is 9.26 Å². The Morgan fingerprint density at radius 3 is 2.29 bits per heavy atom. The van der Waals surface area contributed by atoms with Gasteiger partial charge in [-0.05, 0) is 31.2 Å². The van der Waals surface area contributed by atoms with Crippen molar-refractivity contribution in [3.63, 3.8) is 0 Å². The fourth-order valence-corrected chi connectivity index (χ4v) is 4.02. The number of methoxy groups -OCH3 is 1. The SMILES string of the molecule is COC(=O)c1c(-c2c(Cl)cccc2Cl)noc1NS(=O)(=O)c1ccc(C)cc1. The summed E-state index contributed by atoms with van der Waals surface area (Å²) in [5, 5.41) is 4.21. The molecule has 0 aliphatic carbocycles. The molecule has 0 aliphatic heterocycles. The molecule has 28 heavy (non-hydrogen) atoms. The standard InChI is InChI=1S/C18H14Cl2N2O5S/c1-10-6-8-11(9-7-10)28(24,25)22-17-15(18(23)26-2)16(21-27-17)14-12(19)4-3-5-13(14)20/h3-9,22H,1-2H3. The summed E-state index contributed by atoms with van der Waals surface area (Å²) >= 11 is 12.4. The number of halogens is 2. The average Bonchev–Trinajstić information content (AvgIpc) is 3.03. The Balaban J connectivity index is 2.11. The zero-order valence-electron chi connectivity index (χ0n) is 14.7. The van der Waals surface area contributed by atoms with Gasteiger partial charge in [0.1, 0.15) is 5.69 Å². The molecule has 1 heterocycles. The fraction of sp³-hybridized carbons (Fsp3) is 0.111. The minimum absolute atomic E-state index is 0.0114. The molecule has 10 heteroatoms. The van der Waals surface area contributed by atoms with Crippen LogP contribution in [0.2, 0.25) is 10.0 Å². The first-order valence-corrected chi connectivity index (χ1v) is 10.1. The summed E-state index contributed by atoms with van der Waals surface area (Å²) in [6.45, 7) is 1.83. The van der Waals surface area contributed by atoms with E-state index in [0.29, 0.717) is 0 Å². The number of anilines is 1. The highest BCUT2D eigenvalue weighted by Gasteiger charge is 2.30. The number of esters is 1. The molecule has 0 bridgehead atoms. The van der Waals surface area contributed by atoms with Gasteiger partial charge in [-0.2, -0.15) is 0 Å². The van der Waals surface area contributed by atoms with Crippen molar-refractivity contribution >= 4 is 45.1 Å². The number of carbonyl (C=O) groups excluding carboxylic acids is 1. The first-order chi connectivity index (χ1) is 13.2. The largest absolute Gasteiger partial charge is 0.465 e. The van der Waals surface area contributed by atoms with Crippen LogP contribution in [0.25, 0.3) is 11.3 Å². The lowest BCUT2D eigenvalue weighted by molar-refractivity contribution is 0.0602. The summed E-state index contributed by atoms with van der Waals surface area (Å²) in [4.78, 5) is 12.3. The van der Waals surface area contributed by atoms with Crippen LogP contribution in [0.5, 0.6) is 0 Å². The molecule has 1 aromatic heterocycles. The molecule has 0 saturated heterocycles. The average molecular weight is 441 g/mol. The predicted octanol–water partition coefficient (Wildman–Crippen LogP) is 4.54. The molecule has 3 rings (SSSR count). The summed E-state index contributed by atoms with van der Waals surface area (Å²) in [5.74, 6) is -1.27. The van der Waals surface area contributed by atoms with E-state index in [4.69, 9.17) is 32.5 Å². The first-order valence-electron chi connectivity index (χ1n) is 7.86. The van der Waals surface area contributed by atoms with Crippen molar-refractivity contribution in [2.45, 2.75) is 11.8 Å². The fourth-order valence-electron chi connectivity index (χ4n) is 2.44. The van der Waals surface area contributed by atoms with Crippen LogP contribution in [0.15, 0.2) is 51.9 Å². The molecule has 0 aliphatic rings. The summed E-state index contributed by atoms with van der Waals surface area (Å²) < 4.78 is 37.4. The monoisotopic (exact) mass is 440 g/mol. The van der Waals surface area contributed by atoms with E-state index >= 15 is 0 Å². The van der Waals surface area contributed by atoms with Crippen LogP contribution in [-0.4, -0.2) is 26.7 Å². The van der Waals surface area contributed by atoms with Gasteiger partial charge in [0.2, 0.25) is 0 Å². The molecule has 3 aromatic rings. The van der Waals surface area contributed by atoms with Gasteiger partial charge in [-0.25, -0.2) is 17.9 Å². The molecule has 0 radical (unpaired) electrons. The number of rotatable bonds is 5. The number of aryl methyl sites for hydroxylation is 1. The highest BCUT2D eigenvalue weighted by molar-refractivity contribution is 7.92. The molecule has 7 nitrogen and oxygen atoms in total. The van der Waals surface area contributed by atoms with Crippen molar-refractivity contribution < 1.29 is 22.5 Å². The van der Waals surface area contributed by atoms with Gasteiger partial charge >= 0.3 is 5.97 Å². The van der Waals surface area contributed by atoms with Crippen LogP contribution in [0, 0.1) is 6.92 Å². The molecule has 1 N–H and O–H groups in total. The second kappa shape index (κ2) is 7.83. The number of hydrogen-bond donors (Lipinski definition) is 1. The molecule has 0 saturated carbocycles. The van der Waals surface area contributed by atoms with E-state index in [1.165, 1.54) is 12.1 Å². The Morgan fingerprint density at radius 2 is 1.71 bits per heavy atom. The van der Waals surface area contributed by atoms with E-state index in [2.05, 4.69) is 9.88 Å². The number of carbonyl (C=O) groups is 1. The minimum Gasteiger partial charge on any atom is -0.465 e. The molecule has 0 spiro atoms. The van der Waals surface area contributed by atoms with E-state index in [1.807, 2.05) is 6.92 Å². The Morgan fingerprint density at radius 1 is 1.11 bits per heavy atom. The summed E-state index contributed by atoms with van der Waals surface area (Å²) in [7, 11) is -2.90. The zero-order valence-corrected chi connectivity index (χ0v) is 17.0. The Bertz CT molecular complexity index is 1120. The van der Waals surface area contributed by atoms with Crippen molar-refractivity contribution in [3.8, 4) is 11.3 Å². The second-order valence-electron chi connectivity index (χ2n) is 5.74. The molecule has 2 aromatic carbocycles. The number of hydrogen-bond acceptors (Lipinski definition) is 6. The maximum Gasteiger partial charge on any atom is 0.345 e. The number of aromatic nitrogens is 1. The van der Waals surface area contributed by atoms with Crippen LogP contribution in [0.1, 0.15) is 15.9 Å².